The molecule has 1 saturated heterocycles. The number of thioether (sulfide) groups is 1. The molecule has 7 heteroatoms. The molecule has 29 heavy (non-hydrogen) atoms. The summed E-state index contributed by atoms with van der Waals surface area (Å²) in [5.74, 6) is 2.11. The third-order valence-corrected chi connectivity index (χ3v) is 5.77. The van der Waals surface area contributed by atoms with Crippen molar-refractivity contribution in [1.29, 1.82) is 0 Å². The lowest BCUT2D eigenvalue weighted by molar-refractivity contribution is 0.0620. The monoisotopic (exact) mass is 416 g/mol. The van der Waals surface area contributed by atoms with E-state index in [1.165, 1.54) is 4.90 Å². The van der Waals surface area contributed by atoms with Crippen LogP contribution in [-0.2, 0) is 0 Å². The number of hydrogen-bond donors (Lipinski definition) is 0. The Morgan fingerprint density at radius 2 is 1.66 bits per heavy atom. The molecule has 1 aliphatic rings. The number of carbonyl (C=O) groups is 1. The third kappa shape index (κ3) is 5.58. The number of methoxy groups -OCH3 is 2. The Morgan fingerprint density at radius 1 is 0.966 bits per heavy atom. The number of piperazine rings is 1. The average Bonchev–Trinajstić information content (AvgIpc) is 2.79. The van der Waals surface area contributed by atoms with Crippen LogP contribution in [0.25, 0.3) is 0 Å². The Balaban J connectivity index is 1.45. The lowest BCUT2D eigenvalue weighted by atomic mass is 10.1. The fourth-order valence-corrected chi connectivity index (χ4v) is 3.70. The van der Waals surface area contributed by atoms with E-state index in [2.05, 4.69) is 23.3 Å². The number of amides is 1. The van der Waals surface area contributed by atoms with Gasteiger partial charge in [0.2, 0.25) is 0 Å². The number of hydrogen-bond acceptors (Lipinski definition) is 6. The molecule has 1 heterocycles. The van der Waals surface area contributed by atoms with Crippen LogP contribution in [0.4, 0.5) is 0 Å². The quantitative estimate of drug-likeness (QED) is 0.616. The lowest BCUT2D eigenvalue weighted by Gasteiger charge is -2.34. The Morgan fingerprint density at radius 3 is 2.28 bits per heavy atom. The second kappa shape index (κ2) is 10.4. The van der Waals surface area contributed by atoms with Crippen molar-refractivity contribution in [3.05, 3.63) is 48.0 Å². The van der Waals surface area contributed by atoms with Gasteiger partial charge in [0.05, 0.1) is 14.2 Å². The van der Waals surface area contributed by atoms with Crippen LogP contribution in [0.15, 0.2) is 47.4 Å². The summed E-state index contributed by atoms with van der Waals surface area (Å²) in [7, 11) is 3.16. The van der Waals surface area contributed by atoms with Gasteiger partial charge < -0.3 is 19.1 Å². The van der Waals surface area contributed by atoms with E-state index >= 15 is 0 Å². The highest BCUT2D eigenvalue weighted by Crippen LogP contribution is 2.28. The molecule has 1 fully saturated rings. The molecule has 2 aromatic carbocycles. The predicted molar refractivity (Wildman–Crippen MR) is 116 cm³/mol. The van der Waals surface area contributed by atoms with Gasteiger partial charge in [-0.2, -0.15) is 0 Å². The van der Waals surface area contributed by atoms with Crippen molar-refractivity contribution < 1.29 is 19.0 Å². The number of nitrogens with zero attached hydrogens (tertiary/aromatic N) is 2. The summed E-state index contributed by atoms with van der Waals surface area (Å²) >= 11 is 1.72. The first-order chi connectivity index (χ1) is 14.1. The molecule has 156 valence electrons. The third-order valence-electron chi connectivity index (χ3n) is 5.03. The number of carbonyl (C=O) groups excluding carboxylic acids is 1. The Bertz CT molecular complexity index is 805. The fraction of sp³-hybridized carbons (Fsp3) is 0.409. The van der Waals surface area contributed by atoms with Gasteiger partial charge in [-0.1, -0.05) is 0 Å². The van der Waals surface area contributed by atoms with Gasteiger partial charge in [-0.15, -0.1) is 11.8 Å². The van der Waals surface area contributed by atoms with Crippen LogP contribution in [0.5, 0.6) is 17.2 Å². The SMILES string of the molecule is COc1ccc(C(=O)N2CCN(CCOc3ccc(SC)cc3)CC2)cc1OC. The van der Waals surface area contributed by atoms with Crippen molar-refractivity contribution in [3.8, 4) is 17.2 Å². The van der Waals surface area contributed by atoms with Crippen LogP contribution in [-0.4, -0.2) is 75.5 Å². The van der Waals surface area contributed by atoms with Gasteiger partial charge in [-0.25, -0.2) is 0 Å². The number of ether oxygens (including phenoxy) is 3. The average molecular weight is 417 g/mol. The molecule has 3 rings (SSSR count). The second-order valence-electron chi connectivity index (χ2n) is 6.73. The maximum absolute atomic E-state index is 12.8. The highest BCUT2D eigenvalue weighted by molar-refractivity contribution is 7.98. The molecular weight excluding hydrogens is 388 g/mol. The van der Waals surface area contributed by atoms with E-state index in [0.29, 0.717) is 36.8 Å². The van der Waals surface area contributed by atoms with Gasteiger partial charge in [-0.3, -0.25) is 9.69 Å². The second-order valence-corrected chi connectivity index (χ2v) is 7.61. The maximum atomic E-state index is 12.8. The van der Waals surface area contributed by atoms with Crippen molar-refractivity contribution in [3.63, 3.8) is 0 Å². The van der Waals surface area contributed by atoms with E-state index in [0.717, 1.165) is 25.4 Å². The Hall–Kier alpha value is -2.38. The molecule has 0 unspecified atom stereocenters. The van der Waals surface area contributed by atoms with Crippen molar-refractivity contribution in [2.75, 3.05) is 59.8 Å². The summed E-state index contributed by atoms with van der Waals surface area (Å²) in [6, 6.07) is 13.4. The smallest absolute Gasteiger partial charge is 0.254 e. The summed E-state index contributed by atoms with van der Waals surface area (Å²) in [5.41, 5.74) is 0.619. The highest BCUT2D eigenvalue weighted by atomic mass is 32.2. The first kappa shape index (κ1) is 21.3. The van der Waals surface area contributed by atoms with Gasteiger partial charge in [-0.05, 0) is 48.7 Å². The van der Waals surface area contributed by atoms with Gasteiger partial charge in [0.1, 0.15) is 12.4 Å². The van der Waals surface area contributed by atoms with Crippen LogP contribution >= 0.6 is 11.8 Å². The molecule has 0 atom stereocenters. The summed E-state index contributed by atoms with van der Waals surface area (Å²) in [5, 5.41) is 0. The van der Waals surface area contributed by atoms with Crippen LogP contribution in [0, 0.1) is 0 Å². The van der Waals surface area contributed by atoms with Gasteiger partial charge in [0, 0.05) is 43.2 Å². The molecule has 1 amide bonds. The largest absolute Gasteiger partial charge is 0.493 e. The van der Waals surface area contributed by atoms with Gasteiger partial charge in [0.25, 0.3) is 5.91 Å². The topological polar surface area (TPSA) is 51.2 Å². The first-order valence-corrected chi connectivity index (χ1v) is 10.9. The van der Waals surface area contributed by atoms with E-state index in [1.54, 1.807) is 44.2 Å². The van der Waals surface area contributed by atoms with Crippen molar-refractivity contribution in [2.45, 2.75) is 4.90 Å². The van der Waals surface area contributed by atoms with E-state index in [-0.39, 0.29) is 5.91 Å². The number of benzene rings is 2. The summed E-state index contributed by atoms with van der Waals surface area (Å²) in [6.07, 6.45) is 2.06. The summed E-state index contributed by atoms with van der Waals surface area (Å²) in [6.45, 7) is 4.58. The summed E-state index contributed by atoms with van der Waals surface area (Å²) < 4.78 is 16.4. The van der Waals surface area contributed by atoms with Crippen LogP contribution in [0.3, 0.4) is 0 Å². The van der Waals surface area contributed by atoms with Crippen molar-refractivity contribution in [1.82, 2.24) is 9.80 Å². The minimum atomic E-state index is 0.0238. The summed E-state index contributed by atoms with van der Waals surface area (Å²) in [4.78, 5) is 18.3. The molecule has 0 radical (unpaired) electrons. The van der Waals surface area contributed by atoms with Crippen molar-refractivity contribution in [2.24, 2.45) is 0 Å². The van der Waals surface area contributed by atoms with Gasteiger partial charge in [0.15, 0.2) is 11.5 Å². The minimum absolute atomic E-state index is 0.0238. The number of rotatable bonds is 8. The highest BCUT2D eigenvalue weighted by Gasteiger charge is 2.23. The molecule has 1 aliphatic heterocycles. The standard InChI is InChI=1S/C22H28N2O4S/c1-26-20-9-4-17(16-21(20)27-2)22(25)24-12-10-23(11-13-24)14-15-28-18-5-7-19(29-3)8-6-18/h4-9,16H,10-15H2,1-3H3. The van der Waals surface area contributed by atoms with Crippen LogP contribution in [0.1, 0.15) is 10.4 Å². The van der Waals surface area contributed by atoms with Crippen LogP contribution in [0.2, 0.25) is 0 Å². The van der Waals surface area contributed by atoms with E-state index in [9.17, 15) is 4.79 Å². The molecule has 0 bridgehead atoms. The molecule has 0 N–H and O–H groups in total. The zero-order valence-corrected chi connectivity index (χ0v) is 18.0. The predicted octanol–water partition coefficient (Wildman–Crippen LogP) is 3.26. The zero-order chi connectivity index (χ0) is 20.6. The lowest BCUT2D eigenvalue weighted by Crippen LogP contribution is -2.49. The van der Waals surface area contributed by atoms with Crippen molar-refractivity contribution >= 4 is 17.7 Å². The minimum Gasteiger partial charge on any atom is -0.493 e. The van der Waals surface area contributed by atoms with E-state index in [4.69, 9.17) is 14.2 Å². The Labute approximate surface area is 176 Å². The molecule has 2 aromatic rings. The van der Waals surface area contributed by atoms with Gasteiger partial charge >= 0.3 is 0 Å². The molecule has 0 spiro atoms. The zero-order valence-electron chi connectivity index (χ0n) is 17.2. The van der Waals surface area contributed by atoms with E-state index in [1.807, 2.05) is 17.0 Å². The molecule has 0 aliphatic carbocycles. The van der Waals surface area contributed by atoms with E-state index < -0.39 is 0 Å². The molecule has 0 aromatic heterocycles. The molecule has 0 saturated carbocycles. The first-order valence-electron chi connectivity index (χ1n) is 9.65. The Kier molecular flexibility index (Phi) is 7.66. The normalized spacial score (nSPS) is 14.5. The molecular formula is C22H28N2O4S. The molecule has 6 nitrogen and oxygen atoms in total. The fourth-order valence-electron chi connectivity index (χ4n) is 3.29. The maximum Gasteiger partial charge on any atom is 0.254 e. The van der Waals surface area contributed by atoms with Crippen LogP contribution < -0.4 is 14.2 Å².